The number of hydrogen-bond acceptors (Lipinski definition) is 5. The van der Waals surface area contributed by atoms with Gasteiger partial charge in [-0.25, -0.2) is 9.36 Å². The summed E-state index contributed by atoms with van der Waals surface area (Å²) in [6, 6.07) is 27.3. The number of anilines is 1. The van der Waals surface area contributed by atoms with E-state index in [1.165, 1.54) is 28.9 Å². The molecule has 1 N–H and O–H groups in total. The van der Waals surface area contributed by atoms with Gasteiger partial charge < -0.3 is 9.64 Å². The average Bonchev–Trinajstić information content (AvgIpc) is 3.81. The van der Waals surface area contributed by atoms with E-state index >= 15 is 0 Å². The van der Waals surface area contributed by atoms with Gasteiger partial charge in [-0.2, -0.15) is 13.0 Å². The van der Waals surface area contributed by atoms with Crippen LogP contribution in [0.2, 0.25) is 0 Å². The van der Waals surface area contributed by atoms with Gasteiger partial charge in [0.1, 0.15) is 20.2 Å². The topological polar surface area (TPSA) is 94.0 Å². The lowest BCUT2D eigenvalue weighted by molar-refractivity contribution is -0.644. The number of hydrogen-bond donors (Lipinski definition) is 1. The van der Waals surface area contributed by atoms with E-state index < -0.39 is 16.2 Å². The minimum Gasteiger partial charge on any atom is -0.444 e. The van der Waals surface area contributed by atoms with Crippen molar-refractivity contribution in [3.63, 3.8) is 0 Å². The molecule has 0 radical (unpaired) electrons. The van der Waals surface area contributed by atoms with Crippen molar-refractivity contribution in [1.82, 2.24) is 4.90 Å². The molecule has 1 amide bonds. The molecule has 1 aromatic heterocycles. The van der Waals surface area contributed by atoms with Crippen molar-refractivity contribution in [2.24, 2.45) is 7.05 Å². The molecular weight excluding hydrogens is 781 g/mol. The van der Waals surface area contributed by atoms with Crippen molar-refractivity contribution >= 4 is 44.2 Å². The van der Waals surface area contributed by atoms with Gasteiger partial charge in [0.25, 0.3) is 10.1 Å². The minimum atomic E-state index is -4.04. The quantitative estimate of drug-likeness (QED) is 0.0728. The Bertz CT molecular complexity index is 2600. The van der Waals surface area contributed by atoms with Crippen molar-refractivity contribution in [2.45, 2.75) is 97.0 Å². The van der Waals surface area contributed by atoms with Crippen LogP contribution in [0.15, 0.2) is 132 Å². The number of nitrogens with zero attached hydrogens (tertiary/aromatic N) is 4. The number of aromatic nitrogens is 1. The molecule has 320 valence electrons. The maximum atomic E-state index is 14.2. The predicted octanol–water partition coefficient (Wildman–Crippen LogP) is 10.4. The molecule has 3 aliphatic rings. The summed E-state index contributed by atoms with van der Waals surface area (Å²) < 4.78 is 43.1. The van der Waals surface area contributed by atoms with Crippen molar-refractivity contribution < 1.29 is 31.6 Å². The standard InChI is InChI=1S/C51H61N4O5S/c1-8-9-16-32-54-44-23-14-11-20-41(44)50(2,3)46(54)29-27-37-25-26-38(48(37)53(7)49(56)60-36-39-31-34-52(6)43-22-13-10-19-40(39)43)28-30-47-51(4,5)42-21-12-15-24-45(42)55(47)33-17-18-35-61(57,58)59/h10-15,19-24,27-31,34H,8-9,16-18,25-26,32-33,35-36H2,1-7H3/q+1/p+1. The Morgan fingerprint density at radius 2 is 1.59 bits per heavy atom. The van der Waals surface area contributed by atoms with Crippen LogP contribution in [0.1, 0.15) is 96.3 Å². The molecule has 4 aromatic rings. The second kappa shape index (κ2) is 18.0. The van der Waals surface area contributed by atoms with E-state index in [2.05, 4.69) is 128 Å². The number of rotatable bonds is 15. The largest absolute Gasteiger partial charge is 0.444 e. The van der Waals surface area contributed by atoms with Crippen LogP contribution in [0.25, 0.3) is 10.9 Å². The molecule has 0 unspecified atom stereocenters. The van der Waals surface area contributed by atoms with Gasteiger partial charge in [0.15, 0.2) is 11.9 Å². The van der Waals surface area contributed by atoms with Gasteiger partial charge in [-0.05, 0) is 80.9 Å². The molecule has 3 heterocycles. The SMILES string of the molecule is CCCCC[N+]1=C(/C=C/C2=C(N(C)C(=O)OCc3cc[n+](C)c4ccccc34)C(=C/C=C3/N(CCCCS(=O)(=O)O)c4ccccc4C3(C)C)/CC2)C(C)(C)c2ccccc21. The van der Waals surface area contributed by atoms with E-state index in [0.717, 1.165) is 76.9 Å². The van der Waals surface area contributed by atoms with E-state index in [4.69, 9.17) is 4.74 Å². The lowest BCUT2D eigenvalue weighted by Gasteiger charge is -2.27. The number of carbonyl (C=O) groups is 1. The third kappa shape index (κ3) is 9.02. The molecule has 0 bridgehead atoms. The number of allylic oxidation sites excluding steroid dienone is 7. The van der Waals surface area contributed by atoms with E-state index in [-0.39, 0.29) is 23.2 Å². The summed E-state index contributed by atoms with van der Waals surface area (Å²) in [4.78, 5) is 18.2. The lowest BCUT2D eigenvalue weighted by atomic mass is 9.81. The molecule has 9 nitrogen and oxygen atoms in total. The molecule has 10 heteroatoms. The molecule has 0 fully saturated rings. The van der Waals surface area contributed by atoms with Gasteiger partial charge in [0.2, 0.25) is 11.2 Å². The maximum absolute atomic E-state index is 14.2. The molecule has 2 aliphatic heterocycles. The molecule has 0 spiro atoms. The summed E-state index contributed by atoms with van der Waals surface area (Å²) in [6.45, 7) is 13.0. The third-order valence-corrected chi connectivity index (χ3v) is 13.7. The van der Waals surface area contributed by atoms with Crippen LogP contribution < -0.4 is 9.47 Å². The van der Waals surface area contributed by atoms with Crippen LogP contribution >= 0.6 is 0 Å². The molecule has 1 aliphatic carbocycles. The van der Waals surface area contributed by atoms with E-state index in [9.17, 15) is 17.8 Å². The zero-order valence-electron chi connectivity index (χ0n) is 36.9. The summed E-state index contributed by atoms with van der Waals surface area (Å²) >= 11 is 0. The van der Waals surface area contributed by atoms with Crippen molar-refractivity contribution in [3.05, 3.63) is 149 Å². The summed E-state index contributed by atoms with van der Waals surface area (Å²) in [5, 5.41) is 1.04. The summed E-state index contributed by atoms with van der Waals surface area (Å²) in [6.07, 6.45) is 16.3. The molecule has 7 rings (SSSR count). The number of aryl methyl sites for hydroxylation is 1. The Balaban J connectivity index is 1.27. The second-order valence-corrected chi connectivity index (χ2v) is 19.3. The van der Waals surface area contributed by atoms with Crippen LogP contribution in [-0.4, -0.2) is 60.1 Å². The number of fused-ring (bicyclic) bond motifs is 3. The smallest absolute Gasteiger partial charge is 0.414 e. The first-order chi connectivity index (χ1) is 29.1. The molecule has 61 heavy (non-hydrogen) atoms. The molecule has 0 saturated carbocycles. The predicted molar refractivity (Wildman–Crippen MR) is 246 cm³/mol. The maximum Gasteiger partial charge on any atom is 0.414 e. The van der Waals surface area contributed by atoms with Crippen molar-refractivity contribution in [3.8, 4) is 0 Å². The number of benzene rings is 3. The third-order valence-electron chi connectivity index (χ3n) is 12.9. The average molecular weight is 843 g/mol. The summed E-state index contributed by atoms with van der Waals surface area (Å²) in [5.74, 6) is -0.264. The molecule has 3 aromatic carbocycles. The molecule has 0 atom stereocenters. The van der Waals surface area contributed by atoms with Gasteiger partial charge in [-0.3, -0.25) is 9.45 Å². The first kappa shape index (κ1) is 43.8. The first-order valence-electron chi connectivity index (χ1n) is 21.8. The fourth-order valence-electron chi connectivity index (χ4n) is 9.54. The fraction of sp³-hybridized carbons (Fsp3) is 0.392. The van der Waals surface area contributed by atoms with Crippen LogP contribution in [0, 0.1) is 0 Å². The highest BCUT2D eigenvalue weighted by molar-refractivity contribution is 7.85. The normalized spacial score (nSPS) is 18.3. The summed E-state index contributed by atoms with van der Waals surface area (Å²) in [7, 11) is -0.207. The van der Waals surface area contributed by atoms with Crippen molar-refractivity contribution in [2.75, 3.05) is 30.8 Å². The number of carbonyl (C=O) groups excluding carboxylic acids is 1. The first-order valence-corrected chi connectivity index (χ1v) is 23.4. The van der Waals surface area contributed by atoms with E-state index in [1.807, 2.05) is 44.6 Å². The van der Waals surface area contributed by atoms with Gasteiger partial charge in [-0.1, -0.05) is 87.9 Å². The second-order valence-electron chi connectivity index (χ2n) is 17.7. The van der Waals surface area contributed by atoms with Crippen LogP contribution in [-0.2, 0) is 39.3 Å². The van der Waals surface area contributed by atoms with E-state index in [0.29, 0.717) is 19.4 Å². The van der Waals surface area contributed by atoms with Gasteiger partial charge >= 0.3 is 6.09 Å². The minimum absolute atomic E-state index is 0.141. The van der Waals surface area contributed by atoms with Gasteiger partial charge in [0, 0.05) is 72.2 Å². The van der Waals surface area contributed by atoms with Gasteiger partial charge in [-0.15, -0.1) is 0 Å². The Morgan fingerprint density at radius 1 is 0.869 bits per heavy atom. The monoisotopic (exact) mass is 842 g/mol. The molecular formula is C51H62N4O5S+2. The number of para-hydroxylation sites is 3. The number of ether oxygens (including phenoxy) is 1. The fourth-order valence-corrected chi connectivity index (χ4v) is 10.1. The van der Waals surface area contributed by atoms with Crippen LogP contribution in [0.4, 0.5) is 16.2 Å². The Labute approximate surface area is 362 Å². The number of likely N-dealkylation sites (N-methyl/N-ethyl adjacent to an activating group) is 1. The van der Waals surface area contributed by atoms with Gasteiger partial charge in [0.05, 0.1) is 22.3 Å². The van der Waals surface area contributed by atoms with Crippen LogP contribution in [0.3, 0.4) is 0 Å². The number of amides is 1. The highest BCUT2D eigenvalue weighted by atomic mass is 32.2. The molecule has 0 saturated heterocycles. The zero-order valence-corrected chi connectivity index (χ0v) is 37.8. The number of pyridine rings is 1. The number of unbranched alkanes of at least 4 members (excludes halogenated alkanes) is 3. The zero-order chi connectivity index (χ0) is 43.5. The van der Waals surface area contributed by atoms with E-state index in [1.54, 1.807) is 4.90 Å². The lowest BCUT2D eigenvalue weighted by Crippen LogP contribution is -2.29. The van der Waals surface area contributed by atoms with Crippen molar-refractivity contribution in [1.29, 1.82) is 0 Å². The Morgan fingerprint density at radius 3 is 2.36 bits per heavy atom. The summed E-state index contributed by atoms with van der Waals surface area (Å²) in [5.41, 5.74) is 11.7. The Kier molecular flexibility index (Phi) is 12.9. The highest BCUT2D eigenvalue weighted by Crippen LogP contribution is 2.48. The van der Waals surface area contributed by atoms with Crippen LogP contribution in [0.5, 0.6) is 0 Å². The Hall–Kier alpha value is -5.32. The highest BCUT2D eigenvalue weighted by Gasteiger charge is 2.44.